The standard InChI is InChI=1S/C13H17N3/c1-10-7-16(8-11(10)2)9-12-4-3-5-15-13(12)6-14/h3-5,10-11H,7-9H2,1-2H3. The molecule has 1 fully saturated rings. The lowest BCUT2D eigenvalue weighted by Crippen LogP contribution is -2.20. The highest BCUT2D eigenvalue weighted by Crippen LogP contribution is 2.23. The summed E-state index contributed by atoms with van der Waals surface area (Å²) >= 11 is 0. The maximum Gasteiger partial charge on any atom is 0.144 e. The van der Waals surface area contributed by atoms with Crippen molar-refractivity contribution in [3.63, 3.8) is 0 Å². The van der Waals surface area contributed by atoms with Crippen LogP contribution in [0.25, 0.3) is 0 Å². The number of likely N-dealkylation sites (tertiary alicyclic amines) is 1. The number of nitriles is 1. The molecular weight excluding hydrogens is 198 g/mol. The predicted molar refractivity (Wildman–Crippen MR) is 62.6 cm³/mol. The van der Waals surface area contributed by atoms with Gasteiger partial charge in [-0.1, -0.05) is 19.9 Å². The van der Waals surface area contributed by atoms with Gasteiger partial charge in [-0.15, -0.1) is 0 Å². The van der Waals surface area contributed by atoms with Crippen LogP contribution in [0.4, 0.5) is 0 Å². The van der Waals surface area contributed by atoms with E-state index < -0.39 is 0 Å². The molecule has 0 N–H and O–H groups in total. The third kappa shape index (κ3) is 2.23. The van der Waals surface area contributed by atoms with E-state index in [1.54, 1.807) is 6.20 Å². The molecule has 0 saturated carbocycles. The molecule has 3 nitrogen and oxygen atoms in total. The zero-order valence-corrected chi connectivity index (χ0v) is 9.85. The van der Waals surface area contributed by atoms with Crippen LogP contribution in [0, 0.1) is 23.2 Å². The van der Waals surface area contributed by atoms with Gasteiger partial charge in [0.1, 0.15) is 11.8 Å². The maximum atomic E-state index is 8.97. The molecule has 0 amide bonds. The second-order valence-corrected chi connectivity index (χ2v) is 4.77. The molecular formula is C13H17N3. The third-order valence-corrected chi connectivity index (χ3v) is 3.45. The molecule has 84 valence electrons. The Morgan fingerprint density at radius 3 is 2.75 bits per heavy atom. The van der Waals surface area contributed by atoms with Crippen LogP contribution in [-0.2, 0) is 6.54 Å². The van der Waals surface area contributed by atoms with E-state index >= 15 is 0 Å². The van der Waals surface area contributed by atoms with Gasteiger partial charge >= 0.3 is 0 Å². The smallest absolute Gasteiger partial charge is 0.144 e. The van der Waals surface area contributed by atoms with Crippen molar-refractivity contribution in [1.29, 1.82) is 5.26 Å². The molecule has 2 heterocycles. The van der Waals surface area contributed by atoms with Crippen LogP contribution >= 0.6 is 0 Å². The first-order valence-corrected chi connectivity index (χ1v) is 5.77. The van der Waals surface area contributed by atoms with Gasteiger partial charge in [0.05, 0.1) is 0 Å². The van der Waals surface area contributed by atoms with Gasteiger partial charge in [0.2, 0.25) is 0 Å². The second-order valence-electron chi connectivity index (χ2n) is 4.77. The Labute approximate surface area is 96.7 Å². The number of hydrogen-bond donors (Lipinski definition) is 0. The molecule has 0 aromatic carbocycles. The van der Waals surface area contributed by atoms with Gasteiger partial charge in [0.15, 0.2) is 0 Å². The Bertz CT molecular complexity index is 398. The van der Waals surface area contributed by atoms with E-state index in [2.05, 4.69) is 29.8 Å². The third-order valence-electron chi connectivity index (χ3n) is 3.45. The van der Waals surface area contributed by atoms with Crippen LogP contribution in [0.3, 0.4) is 0 Å². The molecule has 1 aliphatic heterocycles. The van der Waals surface area contributed by atoms with Crippen LogP contribution in [0.1, 0.15) is 25.1 Å². The van der Waals surface area contributed by atoms with E-state index in [1.165, 1.54) is 0 Å². The van der Waals surface area contributed by atoms with Crippen LogP contribution in [0.5, 0.6) is 0 Å². The van der Waals surface area contributed by atoms with Gasteiger partial charge in [-0.05, 0) is 17.9 Å². The molecule has 2 atom stereocenters. The molecule has 1 aromatic heterocycles. The van der Waals surface area contributed by atoms with E-state index in [9.17, 15) is 0 Å². The first-order chi connectivity index (χ1) is 7.70. The number of hydrogen-bond acceptors (Lipinski definition) is 3. The summed E-state index contributed by atoms with van der Waals surface area (Å²) in [4.78, 5) is 6.50. The summed E-state index contributed by atoms with van der Waals surface area (Å²) in [7, 11) is 0. The van der Waals surface area contributed by atoms with E-state index in [4.69, 9.17) is 5.26 Å². The number of aromatic nitrogens is 1. The number of pyridine rings is 1. The van der Waals surface area contributed by atoms with E-state index in [-0.39, 0.29) is 0 Å². The highest BCUT2D eigenvalue weighted by molar-refractivity contribution is 5.30. The van der Waals surface area contributed by atoms with Crippen molar-refractivity contribution in [2.75, 3.05) is 13.1 Å². The van der Waals surface area contributed by atoms with E-state index in [0.717, 1.165) is 37.0 Å². The topological polar surface area (TPSA) is 39.9 Å². The largest absolute Gasteiger partial charge is 0.298 e. The monoisotopic (exact) mass is 215 g/mol. The molecule has 1 saturated heterocycles. The van der Waals surface area contributed by atoms with Crippen molar-refractivity contribution in [1.82, 2.24) is 9.88 Å². The summed E-state index contributed by atoms with van der Waals surface area (Å²) in [6.45, 7) is 7.69. The summed E-state index contributed by atoms with van der Waals surface area (Å²) in [5, 5.41) is 8.97. The summed E-state index contributed by atoms with van der Waals surface area (Å²) in [6.07, 6.45) is 1.68. The minimum Gasteiger partial charge on any atom is -0.298 e. The van der Waals surface area contributed by atoms with Crippen molar-refractivity contribution in [2.24, 2.45) is 11.8 Å². The van der Waals surface area contributed by atoms with Gasteiger partial charge in [-0.2, -0.15) is 5.26 Å². The van der Waals surface area contributed by atoms with Crippen molar-refractivity contribution in [3.05, 3.63) is 29.6 Å². The zero-order valence-electron chi connectivity index (χ0n) is 9.85. The Balaban J connectivity index is 2.08. The van der Waals surface area contributed by atoms with Gasteiger partial charge in [0.25, 0.3) is 0 Å². The van der Waals surface area contributed by atoms with Crippen molar-refractivity contribution < 1.29 is 0 Å². The van der Waals surface area contributed by atoms with Crippen LogP contribution in [-0.4, -0.2) is 23.0 Å². The summed E-state index contributed by atoms with van der Waals surface area (Å²) in [5.41, 5.74) is 1.61. The lowest BCUT2D eigenvalue weighted by molar-refractivity contribution is 0.315. The summed E-state index contributed by atoms with van der Waals surface area (Å²) in [5.74, 6) is 1.50. The Morgan fingerprint density at radius 2 is 2.12 bits per heavy atom. The summed E-state index contributed by atoms with van der Waals surface area (Å²) < 4.78 is 0. The first-order valence-electron chi connectivity index (χ1n) is 5.77. The lowest BCUT2D eigenvalue weighted by atomic mass is 10.0. The fourth-order valence-corrected chi connectivity index (χ4v) is 2.29. The Hall–Kier alpha value is -1.40. The van der Waals surface area contributed by atoms with Gasteiger partial charge in [-0.3, -0.25) is 4.90 Å². The summed E-state index contributed by atoms with van der Waals surface area (Å²) in [6, 6.07) is 6.06. The minimum absolute atomic E-state index is 0.565. The molecule has 0 spiro atoms. The maximum absolute atomic E-state index is 8.97. The highest BCUT2D eigenvalue weighted by atomic mass is 15.1. The van der Waals surface area contributed by atoms with Crippen molar-refractivity contribution >= 4 is 0 Å². The molecule has 2 rings (SSSR count). The fraction of sp³-hybridized carbons (Fsp3) is 0.538. The van der Waals surface area contributed by atoms with Gasteiger partial charge < -0.3 is 0 Å². The molecule has 0 radical (unpaired) electrons. The van der Waals surface area contributed by atoms with Crippen molar-refractivity contribution in [2.45, 2.75) is 20.4 Å². The molecule has 16 heavy (non-hydrogen) atoms. The highest BCUT2D eigenvalue weighted by Gasteiger charge is 2.26. The minimum atomic E-state index is 0.565. The SMILES string of the molecule is CC1CN(Cc2cccnc2C#N)CC1C. The molecule has 0 bridgehead atoms. The zero-order chi connectivity index (χ0) is 11.5. The molecule has 1 aromatic rings. The number of nitrogens with zero attached hydrogens (tertiary/aromatic N) is 3. The van der Waals surface area contributed by atoms with Crippen LogP contribution in [0.2, 0.25) is 0 Å². The molecule has 3 heteroatoms. The van der Waals surface area contributed by atoms with Crippen LogP contribution in [0.15, 0.2) is 18.3 Å². The normalized spacial score (nSPS) is 25.6. The average molecular weight is 215 g/mol. The second kappa shape index (κ2) is 4.63. The van der Waals surface area contributed by atoms with Gasteiger partial charge in [-0.25, -0.2) is 4.98 Å². The predicted octanol–water partition coefficient (Wildman–Crippen LogP) is 2.04. The molecule has 1 aliphatic rings. The number of rotatable bonds is 2. The Kier molecular flexibility index (Phi) is 3.21. The van der Waals surface area contributed by atoms with Gasteiger partial charge in [0, 0.05) is 31.4 Å². The first kappa shape index (κ1) is 11.1. The van der Waals surface area contributed by atoms with E-state index in [0.29, 0.717) is 5.69 Å². The Morgan fingerprint density at radius 1 is 1.44 bits per heavy atom. The molecule has 0 aliphatic carbocycles. The van der Waals surface area contributed by atoms with Crippen molar-refractivity contribution in [3.8, 4) is 6.07 Å². The van der Waals surface area contributed by atoms with Crippen LogP contribution < -0.4 is 0 Å². The van der Waals surface area contributed by atoms with E-state index in [1.807, 2.05) is 12.1 Å². The molecule has 2 unspecified atom stereocenters. The fourth-order valence-electron chi connectivity index (χ4n) is 2.29. The quantitative estimate of drug-likeness (QED) is 0.758. The average Bonchev–Trinajstić information content (AvgIpc) is 2.59. The lowest BCUT2D eigenvalue weighted by Gasteiger charge is -2.15.